The summed E-state index contributed by atoms with van der Waals surface area (Å²) in [6, 6.07) is 15.9. The standard InChI is InChI=1S/C26H28N2O6S/c1-35(31,32)28-25(30)20-10-8-19(9-11-20)16-33-24-7-3-6-21(13-24)22-12-23(15-29)26(27-14-22)34-17-18-4-2-5-18/h3,6-14,18,29H,2,4-5,15-17H2,1H3,(H,28,30). The monoisotopic (exact) mass is 496 g/mol. The maximum atomic E-state index is 11.9. The number of hydrogen-bond donors (Lipinski definition) is 2. The van der Waals surface area contributed by atoms with Gasteiger partial charge in [-0.2, -0.15) is 0 Å². The molecule has 1 amide bonds. The molecule has 35 heavy (non-hydrogen) atoms. The number of amides is 1. The molecule has 1 aliphatic carbocycles. The summed E-state index contributed by atoms with van der Waals surface area (Å²) < 4.78 is 36.1. The van der Waals surface area contributed by atoms with Gasteiger partial charge < -0.3 is 14.6 Å². The topological polar surface area (TPSA) is 115 Å². The van der Waals surface area contributed by atoms with Crippen molar-refractivity contribution in [3.63, 3.8) is 0 Å². The van der Waals surface area contributed by atoms with E-state index in [9.17, 15) is 18.3 Å². The number of rotatable bonds is 10. The normalized spacial score (nSPS) is 13.7. The highest BCUT2D eigenvalue weighted by atomic mass is 32.2. The number of nitrogens with zero attached hydrogens (tertiary/aromatic N) is 1. The number of sulfonamides is 1. The van der Waals surface area contributed by atoms with E-state index >= 15 is 0 Å². The average Bonchev–Trinajstić information content (AvgIpc) is 2.81. The number of ether oxygens (including phenoxy) is 2. The van der Waals surface area contributed by atoms with Crippen LogP contribution in [-0.4, -0.2) is 37.3 Å². The lowest BCUT2D eigenvalue weighted by Gasteiger charge is -2.25. The summed E-state index contributed by atoms with van der Waals surface area (Å²) in [4.78, 5) is 16.4. The lowest BCUT2D eigenvalue weighted by atomic mass is 9.86. The van der Waals surface area contributed by atoms with Crippen molar-refractivity contribution < 1.29 is 27.8 Å². The Morgan fingerprint density at radius 3 is 2.51 bits per heavy atom. The molecule has 0 radical (unpaired) electrons. The van der Waals surface area contributed by atoms with Gasteiger partial charge in [0.15, 0.2) is 0 Å². The van der Waals surface area contributed by atoms with Gasteiger partial charge in [0, 0.05) is 22.9 Å². The van der Waals surface area contributed by atoms with Gasteiger partial charge in [-0.3, -0.25) is 4.79 Å². The van der Waals surface area contributed by atoms with Crippen LogP contribution in [0.15, 0.2) is 60.8 Å². The summed E-state index contributed by atoms with van der Waals surface area (Å²) in [7, 11) is -3.62. The number of hydrogen-bond acceptors (Lipinski definition) is 7. The van der Waals surface area contributed by atoms with E-state index in [1.54, 1.807) is 30.5 Å². The van der Waals surface area contributed by atoms with Crippen molar-refractivity contribution in [1.82, 2.24) is 9.71 Å². The van der Waals surface area contributed by atoms with Crippen LogP contribution in [0.25, 0.3) is 11.1 Å². The van der Waals surface area contributed by atoms with Crippen molar-refractivity contribution in [2.75, 3.05) is 12.9 Å². The smallest absolute Gasteiger partial charge is 0.264 e. The zero-order chi connectivity index (χ0) is 24.8. The molecule has 8 nitrogen and oxygen atoms in total. The number of carbonyl (C=O) groups excluding carboxylic acids is 1. The van der Waals surface area contributed by atoms with Crippen molar-refractivity contribution in [3.8, 4) is 22.8 Å². The van der Waals surface area contributed by atoms with Crippen LogP contribution < -0.4 is 14.2 Å². The molecule has 3 aromatic rings. The van der Waals surface area contributed by atoms with Crippen LogP contribution in [0.1, 0.15) is 40.7 Å². The molecule has 2 aromatic carbocycles. The molecule has 0 unspecified atom stereocenters. The Labute approximate surface area is 205 Å². The van der Waals surface area contributed by atoms with E-state index in [1.165, 1.54) is 19.3 Å². The Hall–Kier alpha value is -3.43. The van der Waals surface area contributed by atoms with E-state index in [4.69, 9.17) is 9.47 Å². The highest BCUT2D eigenvalue weighted by Gasteiger charge is 2.19. The number of benzene rings is 2. The van der Waals surface area contributed by atoms with Crippen molar-refractivity contribution in [2.45, 2.75) is 32.5 Å². The minimum atomic E-state index is -3.62. The van der Waals surface area contributed by atoms with Crippen LogP contribution in [0.5, 0.6) is 11.6 Å². The summed E-state index contributed by atoms with van der Waals surface area (Å²) in [5.74, 6) is 1.03. The predicted molar refractivity (Wildman–Crippen MR) is 132 cm³/mol. The highest BCUT2D eigenvalue weighted by molar-refractivity contribution is 7.89. The van der Waals surface area contributed by atoms with Crippen molar-refractivity contribution in [1.29, 1.82) is 0 Å². The number of carbonyl (C=O) groups is 1. The SMILES string of the molecule is CS(=O)(=O)NC(=O)c1ccc(COc2cccc(-c3cnc(OCC4CCC4)c(CO)c3)c2)cc1. The Morgan fingerprint density at radius 1 is 1.09 bits per heavy atom. The minimum absolute atomic E-state index is 0.158. The van der Waals surface area contributed by atoms with Crippen LogP contribution in [0.3, 0.4) is 0 Å². The van der Waals surface area contributed by atoms with Gasteiger partial charge in [0.1, 0.15) is 12.4 Å². The molecule has 1 aromatic heterocycles. The Bertz CT molecular complexity index is 1290. The molecule has 0 atom stereocenters. The molecule has 0 aliphatic heterocycles. The fraction of sp³-hybridized carbons (Fsp3) is 0.308. The van der Waals surface area contributed by atoms with Crippen molar-refractivity contribution in [2.24, 2.45) is 5.92 Å². The Kier molecular flexibility index (Phi) is 7.67. The van der Waals surface area contributed by atoms with Crippen LogP contribution in [-0.2, 0) is 23.2 Å². The number of nitrogens with one attached hydrogen (secondary N) is 1. The third kappa shape index (κ3) is 6.80. The van der Waals surface area contributed by atoms with Gasteiger partial charge in [0.25, 0.3) is 5.91 Å². The zero-order valence-electron chi connectivity index (χ0n) is 19.4. The lowest BCUT2D eigenvalue weighted by molar-refractivity contribution is 0.0981. The molecule has 9 heteroatoms. The van der Waals surface area contributed by atoms with E-state index < -0.39 is 15.9 Å². The van der Waals surface area contributed by atoms with Gasteiger partial charge in [-0.15, -0.1) is 0 Å². The molecular formula is C26H28N2O6S. The van der Waals surface area contributed by atoms with Crippen LogP contribution in [0.2, 0.25) is 0 Å². The second-order valence-corrected chi connectivity index (χ2v) is 10.4. The van der Waals surface area contributed by atoms with E-state index in [1.807, 2.05) is 35.1 Å². The van der Waals surface area contributed by atoms with Crippen LogP contribution in [0.4, 0.5) is 0 Å². The molecular weight excluding hydrogens is 468 g/mol. The van der Waals surface area contributed by atoms with E-state index in [-0.39, 0.29) is 18.8 Å². The Morgan fingerprint density at radius 2 is 1.86 bits per heavy atom. The Balaban J connectivity index is 1.39. The predicted octanol–water partition coefficient (Wildman–Crippen LogP) is 3.69. The molecule has 0 bridgehead atoms. The van der Waals surface area contributed by atoms with E-state index in [2.05, 4.69) is 4.98 Å². The summed E-state index contributed by atoms with van der Waals surface area (Å²) in [5, 5.41) is 9.80. The summed E-state index contributed by atoms with van der Waals surface area (Å²) in [5.41, 5.74) is 3.45. The fourth-order valence-electron chi connectivity index (χ4n) is 3.67. The quantitative estimate of drug-likeness (QED) is 0.440. The van der Waals surface area contributed by atoms with Gasteiger partial charge in [-0.1, -0.05) is 30.7 Å². The largest absolute Gasteiger partial charge is 0.489 e. The number of aliphatic hydroxyl groups excluding tert-OH is 1. The molecule has 4 rings (SSSR count). The van der Waals surface area contributed by atoms with Crippen molar-refractivity contribution >= 4 is 15.9 Å². The van der Waals surface area contributed by atoms with Gasteiger partial charge >= 0.3 is 0 Å². The summed E-state index contributed by atoms with van der Waals surface area (Å²) in [6.45, 7) is 0.743. The summed E-state index contributed by atoms with van der Waals surface area (Å²) >= 11 is 0. The zero-order valence-corrected chi connectivity index (χ0v) is 20.3. The first-order valence-corrected chi connectivity index (χ1v) is 13.3. The molecule has 2 N–H and O–H groups in total. The van der Waals surface area contributed by atoms with Gasteiger partial charge in [-0.05, 0) is 60.2 Å². The number of pyridine rings is 1. The minimum Gasteiger partial charge on any atom is -0.489 e. The number of aliphatic hydroxyl groups is 1. The molecule has 0 saturated heterocycles. The first kappa shape index (κ1) is 24.7. The van der Waals surface area contributed by atoms with Gasteiger partial charge in [0.05, 0.1) is 19.5 Å². The molecule has 1 fully saturated rings. The molecule has 184 valence electrons. The maximum absolute atomic E-state index is 11.9. The van der Waals surface area contributed by atoms with E-state index in [0.717, 1.165) is 22.9 Å². The van der Waals surface area contributed by atoms with Gasteiger partial charge in [0.2, 0.25) is 15.9 Å². The van der Waals surface area contributed by atoms with Crippen LogP contribution >= 0.6 is 0 Å². The highest BCUT2D eigenvalue weighted by Crippen LogP contribution is 2.30. The first-order chi connectivity index (χ1) is 16.8. The third-order valence-corrected chi connectivity index (χ3v) is 6.40. The van der Waals surface area contributed by atoms with Crippen molar-refractivity contribution in [3.05, 3.63) is 77.5 Å². The maximum Gasteiger partial charge on any atom is 0.264 e. The molecule has 0 spiro atoms. The second-order valence-electron chi connectivity index (χ2n) is 8.67. The molecule has 1 heterocycles. The third-order valence-electron chi connectivity index (χ3n) is 5.84. The lowest BCUT2D eigenvalue weighted by Crippen LogP contribution is -2.29. The summed E-state index contributed by atoms with van der Waals surface area (Å²) in [6.07, 6.45) is 6.28. The molecule has 1 aliphatic rings. The second kappa shape index (κ2) is 10.9. The van der Waals surface area contributed by atoms with E-state index in [0.29, 0.717) is 29.7 Å². The van der Waals surface area contributed by atoms with Gasteiger partial charge in [-0.25, -0.2) is 18.1 Å². The fourth-order valence-corrected chi connectivity index (χ4v) is 4.12. The molecule has 1 saturated carbocycles. The first-order valence-electron chi connectivity index (χ1n) is 11.4. The van der Waals surface area contributed by atoms with Crippen LogP contribution in [0, 0.1) is 5.92 Å². The average molecular weight is 497 g/mol. The number of aromatic nitrogens is 1.